The number of anilines is 2. The Morgan fingerprint density at radius 1 is 1.07 bits per heavy atom. The molecule has 3 aromatic rings. The van der Waals surface area contributed by atoms with Crippen molar-refractivity contribution < 1.29 is 0 Å². The second kappa shape index (κ2) is 7.03. The molecular weight excluding hydrogens is 362 g/mol. The molecule has 0 radical (unpaired) electrons. The van der Waals surface area contributed by atoms with Gasteiger partial charge in [-0.25, -0.2) is 4.98 Å². The van der Waals surface area contributed by atoms with Crippen molar-refractivity contribution in [1.82, 2.24) is 14.5 Å². The van der Waals surface area contributed by atoms with E-state index in [1.807, 2.05) is 25.1 Å². The third-order valence-corrected chi connectivity index (χ3v) is 6.27. The summed E-state index contributed by atoms with van der Waals surface area (Å²) in [7, 11) is 0. The zero-order valence-electron chi connectivity index (χ0n) is 16.5. The molecule has 5 rings (SSSR count). The molecule has 0 unspecified atom stereocenters. The number of benzene rings is 1. The topological polar surface area (TPSA) is 77.0 Å². The van der Waals surface area contributed by atoms with Crippen molar-refractivity contribution in [3.05, 3.63) is 81.9 Å². The number of nitrogen functional groups attached to an aromatic ring is 1. The Balaban J connectivity index is 1.56. The van der Waals surface area contributed by atoms with Gasteiger partial charge in [0, 0.05) is 48.6 Å². The molecule has 2 N–H and O–H groups in total. The molecule has 0 spiro atoms. The Bertz CT molecular complexity index is 1070. The van der Waals surface area contributed by atoms with Gasteiger partial charge in [-0.05, 0) is 37.3 Å². The fourth-order valence-electron chi connectivity index (χ4n) is 5.08. The molecule has 4 heterocycles. The number of rotatable bonds is 3. The minimum atomic E-state index is 0.105. The third-order valence-electron chi connectivity index (χ3n) is 6.27. The molecule has 0 amide bonds. The second-order valence-corrected chi connectivity index (χ2v) is 8.24. The molecule has 2 aliphatic heterocycles. The van der Waals surface area contributed by atoms with Gasteiger partial charge in [0.15, 0.2) is 0 Å². The number of aryl methyl sites for hydroxylation is 1. The summed E-state index contributed by atoms with van der Waals surface area (Å²) in [6, 6.07) is 18.3. The first-order valence-electron chi connectivity index (χ1n) is 10.2. The summed E-state index contributed by atoms with van der Waals surface area (Å²) in [5.41, 5.74) is 9.29. The van der Waals surface area contributed by atoms with Crippen LogP contribution in [-0.2, 0) is 6.42 Å². The van der Waals surface area contributed by atoms with Gasteiger partial charge in [-0.1, -0.05) is 36.4 Å². The summed E-state index contributed by atoms with van der Waals surface area (Å²) in [5, 5.41) is 0. The number of nitrogens with zero attached hydrogens (tertiary/aromatic N) is 4. The Labute approximate surface area is 170 Å². The van der Waals surface area contributed by atoms with Crippen molar-refractivity contribution in [3.63, 3.8) is 0 Å². The molecule has 29 heavy (non-hydrogen) atoms. The van der Waals surface area contributed by atoms with E-state index in [-0.39, 0.29) is 11.6 Å². The van der Waals surface area contributed by atoms with Crippen molar-refractivity contribution in [3.8, 4) is 0 Å². The smallest absolute Gasteiger partial charge is 0.251 e. The lowest BCUT2D eigenvalue weighted by atomic mass is 9.76. The van der Waals surface area contributed by atoms with Gasteiger partial charge in [0.05, 0.1) is 0 Å². The molecule has 1 fully saturated rings. The third kappa shape index (κ3) is 3.28. The second-order valence-electron chi connectivity index (χ2n) is 8.24. The van der Waals surface area contributed by atoms with E-state index in [1.54, 1.807) is 6.07 Å². The number of fused-ring (bicyclic) bond motifs is 4. The average Bonchev–Trinajstić information content (AvgIpc) is 2.71. The summed E-state index contributed by atoms with van der Waals surface area (Å²) >= 11 is 0. The highest BCUT2D eigenvalue weighted by atomic mass is 16.1. The van der Waals surface area contributed by atoms with Crippen molar-refractivity contribution in [2.45, 2.75) is 31.7 Å². The van der Waals surface area contributed by atoms with Crippen LogP contribution in [0.1, 0.15) is 35.3 Å². The highest BCUT2D eigenvalue weighted by Crippen LogP contribution is 2.43. The average molecular weight is 387 g/mol. The zero-order valence-corrected chi connectivity index (χ0v) is 16.5. The van der Waals surface area contributed by atoms with E-state index in [1.165, 1.54) is 5.56 Å². The standard InChI is InChI=1S/C23H25N5O/c1-15-10-21(26-23(24)25-15)27-13-17-12-18(14-27)20(11-16-6-3-2-4-7-16)28-19(17)8-5-9-22(28)29/h2-10,17-18,20H,11-14H2,1H3,(H2,24,25,26)/t17-,18+,20+/m1/s1. The molecule has 148 valence electrons. The first-order chi connectivity index (χ1) is 14.1. The number of nitrogens with two attached hydrogens (primary N) is 1. The lowest BCUT2D eigenvalue weighted by Gasteiger charge is -2.47. The predicted octanol–water partition coefficient (Wildman–Crippen LogP) is 2.94. The Morgan fingerprint density at radius 2 is 1.90 bits per heavy atom. The largest absolute Gasteiger partial charge is 0.368 e. The fourth-order valence-corrected chi connectivity index (χ4v) is 5.08. The highest BCUT2D eigenvalue weighted by Gasteiger charge is 2.40. The van der Waals surface area contributed by atoms with Crippen LogP contribution >= 0.6 is 0 Å². The molecule has 0 saturated carbocycles. The van der Waals surface area contributed by atoms with E-state index in [9.17, 15) is 4.79 Å². The molecule has 3 atom stereocenters. The van der Waals surface area contributed by atoms with Crippen LogP contribution in [0.2, 0.25) is 0 Å². The van der Waals surface area contributed by atoms with Crippen LogP contribution in [0.15, 0.2) is 59.4 Å². The molecule has 1 aromatic carbocycles. The van der Waals surface area contributed by atoms with Crippen LogP contribution in [0.3, 0.4) is 0 Å². The highest BCUT2D eigenvalue weighted by molar-refractivity contribution is 5.45. The quantitative estimate of drug-likeness (QED) is 0.748. The van der Waals surface area contributed by atoms with E-state index < -0.39 is 0 Å². The number of hydrogen-bond acceptors (Lipinski definition) is 5. The fraction of sp³-hybridized carbons (Fsp3) is 0.348. The van der Waals surface area contributed by atoms with E-state index >= 15 is 0 Å². The molecule has 2 bridgehead atoms. The molecule has 6 heteroatoms. The van der Waals surface area contributed by atoms with E-state index in [4.69, 9.17) is 5.73 Å². The summed E-state index contributed by atoms with van der Waals surface area (Å²) in [6.45, 7) is 3.65. The van der Waals surface area contributed by atoms with Crippen LogP contribution in [-0.4, -0.2) is 27.6 Å². The molecule has 1 saturated heterocycles. The monoisotopic (exact) mass is 387 g/mol. The van der Waals surface area contributed by atoms with Crippen LogP contribution in [0, 0.1) is 12.8 Å². The van der Waals surface area contributed by atoms with Gasteiger partial charge in [-0.15, -0.1) is 0 Å². The Hall–Kier alpha value is -3.15. The van der Waals surface area contributed by atoms with Crippen LogP contribution in [0.25, 0.3) is 0 Å². The maximum atomic E-state index is 12.8. The first kappa shape index (κ1) is 17.9. The van der Waals surface area contributed by atoms with Crippen LogP contribution in [0.5, 0.6) is 0 Å². The maximum absolute atomic E-state index is 12.8. The number of piperidine rings is 1. The summed E-state index contributed by atoms with van der Waals surface area (Å²) in [4.78, 5) is 23.9. The zero-order chi connectivity index (χ0) is 20.0. The van der Waals surface area contributed by atoms with Gasteiger partial charge in [0.25, 0.3) is 5.56 Å². The van der Waals surface area contributed by atoms with Gasteiger partial charge in [-0.3, -0.25) is 4.79 Å². The molecular formula is C23H25N5O. The van der Waals surface area contributed by atoms with Gasteiger partial charge in [0.1, 0.15) is 5.82 Å². The number of pyridine rings is 1. The molecule has 0 aliphatic carbocycles. The lowest BCUT2D eigenvalue weighted by Crippen LogP contribution is -2.50. The van der Waals surface area contributed by atoms with Crippen molar-refractivity contribution in [2.75, 3.05) is 23.7 Å². The summed E-state index contributed by atoms with van der Waals surface area (Å²) < 4.78 is 2.06. The Kier molecular flexibility index (Phi) is 4.34. The minimum absolute atomic E-state index is 0.105. The number of aromatic nitrogens is 3. The first-order valence-corrected chi connectivity index (χ1v) is 10.2. The van der Waals surface area contributed by atoms with Crippen molar-refractivity contribution in [2.24, 2.45) is 5.92 Å². The predicted molar refractivity (Wildman–Crippen MR) is 114 cm³/mol. The van der Waals surface area contributed by atoms with Crippen molar-refractivity contribution >= 4 is 11.8 Å². The van der Waals surface area contributed by atoms with Crippen LogP contribution in [0.4, 0.5) is 11.8 Å². The van der Waals surface area contributed by atoms with Crippen LogP contribution < -0.4 is 16.2 Å². The normalized spacial score (nSPS) is 22.9. The van der Waals surface area contributed by atoms with E-state index in [0.29, 0.717) is 17.8 Å². The minimum Gasteiger partial charge on any atom is -0.368 e. The van der Waals surface area contributed by atoms with Crippen molar-refractivity contribution in [1.29, 1.82) is 0 Å². The SMILES string of the molecule is Cc1cc(N2C[C@H]3C[C@@H](C2)[C@H](Cc2ccccc2)n2c3cccc2=O)nc(N)n1. The van der Waals surface area contributed by atoms with Gasteiger partial charge in [-0.2, -0.15) is 4.98 Å². The van der Waals surface area contributed by atoms with Gasteiger partial charge < -0.3 is 15.2 Å². The Morgan fingerprint density at radius 3 is 2.69 bits per heavy atom. The van der Waals surface area contributed by atoms with Gasteiger partial charge >= 0.3 is 0 Å². The van der Waals surface area contributed by atoms with E-state index in [0.717, 1.165) is 43.1 Å². The molecule has 6 nitrogen and oxygen atoms in total. The molecule has 2 aromatic heterocycles. The summed E-state index contributed by atoms with van der Waals surface area (Å²) in [5.74, 6) is 1.88. The van der Waals surface area contributed by atoms with E-state index in [2.05, 4.69) is 49.8 Å². The lowest BCUT2D eigenvalue weighted by molar-refractivity contribution is 0.211. The van der Waals surface area contributed by atoms with Gasteiger partial charge in [0.2, 0.25) is 5.95 Å². The maximum Gasteiger partial charge on any atom is 0.251 e. The number of hydrogen-bond donors (Lipinski definition) is 1. The molecule has 2 aliphatic rings. The summed E-state index contributed by atoms with van der Waals surface area (Å²) in [6.07, 6.45) is 1.95.